The highest BCUT2D eigenvalue weighted by molar-refractivity contribution is 5.35. The Kier molecular flexibility index (Phi) is 7.46. The fourth-order valence-corrected chi connectivity index (χ4v) is 2.38. The lowest BCUT2D eigenvalue weighted by Crippen LogP contribution is -2.04. The molecule has 0 bridgehead atoms. The molecule has 0 rings (SSSR count). The number of hydrogen-bond donors (Lipinski definition) is 0. The maximum Gasteiger partial charge on any atom is -0.0188 e. The van der Waals surface area contributed by atoms with Gasteiger partial charge in [-0.15, -0.1) is 0 Å². The summed E-state index contributed by atoms with van der Waals surface area (Å²) in [4.78, 5) is 0. The summed E-state index contributed by atoms with van der Waals surface area (Å²) in [5, 5.41) is 0. The Balaban J connectivity index is 5.11. The summed E-state index contributed by atoms with van der Waals surface area (Å²) in [5.74, 6) is 0.723. The molecule has 0 amide bonds. The van der Waals surface area contributed by atoms with E-state index in [-0.39, 0.29) is 0 Å². The molecule has 0 heterocycles. The fraction of sp³-hybridized carbons (Fsp3) is 0.733. The van der Waals surface area contributed by atoms with E-state index in [0.717, 1.165) is 5.92 Å². The first-order valence-corrected chi connectivity index (χ1v) is 6.47. The third kappa shape index (κ3) is 4.24. The lowest BCUT2D eigenvalue weighted by Gasteiger charge is -2.20. The highest BCUT2D eigenvalue weighted by atomic mass is 14.2. The first-order valence-electron chi connectivity index (χ1n) is 6.47. The third-order valence-corrected chi connectivity index (χ3v) is 3.31. The van der Waals surface area contributed by atoms with Gasteiger partial charge in [0.1, 0.15) is 0 Å². The monoisotopic (exact) mass is 208 g/mol. The second-order valence-corrected chi connectivity index (χ2v) is 4.39. The van der Waals surface area contributed by atoms with Crippen molar-refractivity contribution in [3.05, 3.63) is 22.8 Å². The van der Waals surface area contributed by atoms with Crippen molar-refractivity contribution in [1.82, 2.24) is 0 Å². The second-order valence-electron chi connectivity index (χ2n) is 4.39. The van der Waals surface area contributed by atoms with Gasteiger partial charge in [-0.25, -0.2) is 0 Å². The van der Waals surface area contributed by atoms with Crippen LogP contribution in [0.5, 0.6) is 0 Å². The predicted molar refractivity (Wildman–Crippen MR) is 71.1 cm³/mol. The Morgan fingerprint density at radius 2 is 1.67 bits per heavy atom. The fourth-order valence-electron chi connectivity index (χ4n) is 2.38. The van der Waals surface area contributed by atoms with Gasteiger partial charge in [0.2, 0.25) is 0 Å². The van der Waals surface area contributed by atoms with Crippen LogP contribution in [0.3, 0.4) is 0 Å². The van der Waals surface area contributed by atoms with Crippen molar-refractivity contribution in [3.63, 3.8) is 0 Å². The van der Waals surface area contributed by atoms with Gasteiger partial charge in [-0.1, -0.05) is 51.3 Å². The summed E-state index contributed by atoms with van der Waals surface area (Å²) in [6, 6.07) is 0. The van der Waals surface area contributed by atoms with Crippen molar-refractivity contribution in [3.8, 4) is 0 Å². The SMILES string of the molecule is CC=C(C)C(=C(CC)CC)C(C)CCC. The zero-order valence-corrected chi connectivity index (χ0v) is 11.5. The van der Waals surface area contributed by atoms with Crippen molar-refractivity contribution in [2.45, 2.75) is 67.2 Å². The Bertz CT molecular complexity index is 224. The quantitative estimate of drug-likeness (QED) is 0.505. The van der Waals surface area contributed by atoms with Crippen LogP contribution < -0.4 is 0 Å². The molecule has 0 nitrogen and oxygen atoms in total. The smallest absolute Gasteiger partial charge is 0.0188 e. The average molecular weight is 208 g/mol. The molecule has 0 aromatic rings. The molecular weight excluding hydrogens is 180 g/mol. The summed E-state index contributed by atoms with van der Waals surface area (Å²) in [5.41, 5.74) is 4.76. The van der Waals surface area contributed by atoms with Crippen LogP contribution in [-0.2, 0) is 0 Å². The summed E-state index contributed by atoms with van der Waals surface area (Å²) in [6.45, 7) is 13.6. The van der Waals surface area contributed by atoms with E-state index >= 15 is 0 Å². The van der Waals surface area contributed by atoms with Gasteiger partial charge in [-0.3, -0.25) is 0 Å². The highest BCUT2D eigenvalue weighted by Gasteiger charge is 2.13. The van der Waals surface area contributed by atoms with Crippen LogP contribution in [0.15, 0.2) is 22.8 Å². The van der Waals surface area contributed by atoms with Gasteiger partial charge in [0.25, 0.3) is 0 Å². The van der Waals surface area contributed by atoms with Crippen LogP contribution in [0, 0.1) is 5.92 Å². The molecule has 1 unspecified atom stereocenters. The van der Waals surface area contributed by atoms with E-state index in [0.29, 0.717) is 0 Å². The standard InChI is InChI=1S/C15H28/c1-7-11-13(6)15(12(5)8-2)14(9-3)10-4/h8,13H,7,9-11H2,1-6H3. The number of allylic oxidation sites excluding steroid dienone is 4. The maximum atomic E-state index is 2.37. The van der Waals surface area contributed by atoms with Crippen molar-refractivity contribution in [2.75, 3.05) is 0 Å². The van der Waals surface area contributed by atoms with E-state index < -0.39 is 0 Å². The van der Waals surface area contributed by atoms with Crippen molar-refractivity contribution in [1.29, 1.82) is 0 Å². The molecule has 0 aliphatic rings. The van der Waals surface area contributed by atoms with Crippen molar-refractivity contribution >= 4 is 0 Å². The minimum absolute atomic E-state index is 0.723. The van der Waals surface area contributed by atoms with Crippen LogP contribution in [0.4, 0.5) is 0 Å². The first-order chi connectivity index (χ1) is 7.12. The highest BCUT2D eigenvalue weighted by Crippen LogP contribution is 2.29. The molecule has 0 saturated heterocycles. The van der Waals surface area contributed by atoms with E-state index in [1.54, 1.807) is 11.1 Å². The molecule has 0 radical (unpaired) electrons. The van der Waals surface area contributed by atoms with Crippen LogP contribution in [0.2, 0.25) is 0 Å². The molecule has 0 heteroatoms. The van der Waals surface area contributed by atoms with Crippen molar-refractivity contribution < 1.29 is 0 Å². The lowest BCUT2D eigenvalue weighted by molar-refractivity contribution is 0.596. The molecule has 0 spiro atoms. The Morgan fingerprint density at radius 3 is 2.00 bits per heavy atom. The van der Waals surface area contributed by atoms with E-state index in [2.05, 4.69) is 47.6 Å². The van der Waals surface area contributed by atoms with E-state index in [9.17, 15) is 0 Å². The van der Waals surface area contributed by atoms with E-state index in [1.165, 1.54) is 31.3 Å². The van der Waals surface area contributed by atoms with Gasteiger partial charge in [-0.05, 0) is 44.6 Å². The van der Waals surface area contributed by atoms with Crippen LogP contribution in [0.25, 0.3) is 0 Å². The molecule has 0 aromatic heterocycles. The van der Waals surface area contributed by atoms with Gasteiger partial charge in [0.15, 0.2) is 0 Å². The Labute approximate surface area is 96.5 Å². The van der Waals surface area contributed by atoms with Gasteiger partial charge >= 0.3 is 0 Å². The summed E-state index contributed by atoms with van der Waals surface area (Å²) in [7, 11) is 0. The minimum Gasteiger partial charge on any atom is -0.0844 e. The molecule has 0 N–H and O–H groups in total. The Hall–Kier alpha value is -0.520. The molecule has 0 aromatic carbocycles. The average Bonchev–Trinajstić information content (AvgIpc) is 2.24. The first kappa shape index (κ1) is 14.5. The van der Waals surface area contributed by atoms with Gasteiger partial charge in [-0.2, -0.15) is 0 Å². The van der Waals surface area contributed by atoms with Crippen molar-refractivity contribution in [2.24, 2.45) is 5.92 Å². The minimum atomic E-state index is 0.723. The molecule has 0 fully saturated rings. The Morgan fingerprint density at radius 1 is 1.13 bits per heavy atom. The third-order valence-electron chi connectivity index (χ3n) is 3.31. The molecule has 15 heavy (non-hydrogen) atoms. The molecular formula is C15H28. The van der Waals surface area contributed by atoms with Gasteiger partial charge in [0, 0.05) is 0 Å². The molecule has 0 saturated carbocycles. The van der Waals surface area contributed by atoms with Crippen LogP contribution in [0.1, 0.15) is 67.2 Å². The van der Waals surface area contributed by atoms with E-state index in [4.69, 9.17) is 0 Å². The van der Waals surface area contributed by atoms with Crippen LogP contribution >= 0.6 is 0 Å². The number of hydrogen-bond acceptors (Lipinski definition) is 0. The second kappa shape index (κ2) is 7.73. The predicted octanol–water partition coefficient (Wildman–Crippen LogP) is 5.51. The molecule has 0 aliphatic heterocycles. The van der Waals surface area contributed by atoms with Gasteiger partial charge < -0.3 is 0 Å². The number of rotatable bonds is 6. The van der Waals surface area contributed by atoms with E-state index in [1.807, 2.05) is 0 Å². The summed E-state index contributed by atoms with van der Waals surface area (Å²) < 4.78 is 0. The maximum absolute atomic E-state index is 2.37. The molecule has 0 aliphatic carbocycles. The van der Waals surface area contributed by atoms with Crippen LogP contribution in [-0.4, -0.2) is 0 Å². The normalized spacial score (nSPS) is 13.9. The van der Waals surface area contributed by atoms with Gasteiger partial charge in [0.05, 0.1) is 0 Å². The largest absolute Gasteiger partial charge is 0.0844 e. The summed E-state index contributed by atoms with van der Waals surface area (Å²) in [6.07, 6.45) is 7.25. The zero-order chi connectivity index (χ0) is 11.8. The summed E-state index contributed by atoms with van der Waals surface area (Å²) >= 11 is 0. The topological polar surface area (TPSA) is 0 Å². The molecule has 88 valence electrons. The lowest BCUT2D eigenvalue weighted by atomic mass is 9.85. The zero-order valence-electron chi connectivity index (χ0n) is 11.5. The molecule has 1 atom stereocenters.